The molecule has 0 saturated heterocycles. The van der Waals surface area contributed by atoms with E-state index in [1.807, 2.05) is 12.1 Å². The van der Waals surface area contributed by atoms with Gasteiger partial charge in [-0.05, 0) is 43.2 Å². The number of nitrogens with one attached hydrogen (secondary N) is 2. The lowest BCUT2D eigenvalue weighted by molar-refractivity contribution is -0.120. The third-order valence-electron chi connectivity index (χ3n) is 4.37. The highest BCUT2D eigenvalue weighted by atomic mass is 35.5. The van der Waals surface area contributed by atoms with Gasteiger partial charge in [0, 0.05) is 11.6 Å². The summed E-state index contributed by atoms with van der Waals surface area (Å²) in [4.78, 5) is 11.8. The lowest BCUT2D eigenvalue weighted by Gasteiger charge is -2.22. The van der Waals surface area contributed by atoms with Gasteiger partial charge in [0.1, 0.15) is 11.5 Å². The number of hydrogen-bond donors (Lipinski definition) is 2. The van der Waals surface area contributed by atoms with E-state index in [2.05, 4.69) is 15.8 Å². The van der Waals surface area contributed by atoms with Crippen molar-refractivity contribution in [2.45, 2.75) is 38.1 Å². The smallest absolute Gasteiger partial charge is 0.254 e. The molecule has 26 heavy (non-hydrogen) atoms. The fourth-order valence-corrected chi connectivity index (χ4v) is 3.28. The van der Waals surface area contributed by atoms with Crippen molar-refractivity contribution in [3.8, 4) is 11.3 Å². The lowest BCUT2D eigenvalue weighted by Crippen LogP contribution is -2.38. The van der Waals surface area contributed by atoms with Crippen molar-refractivity contribution in [3.05, 3.63) is 46.1 Å². The van der Waals surface area contributed by atoms with Crippen LogP contribution in [0.3, 0.4) is 0 Å². The summed E-state index contributed by atoms with van der Waals surface area (Å²) in [5.74, 6) is 1.02. The number of amides is 1. The Morgan fingerprint density at radius 3 is 2.73 bits per heavy atom. The molecule has 1 aliphatic carbocycles. The van der Waals surface area contributed by atoms with Gasteiger partial charge in [0.05, 0.1) is 22.8 Å². The minimum atomic E-state index is -0.164. The normalized spacial score (nSPS) is 15.5. The van der Waals surface area contributed by atoms with Crippen LogP contribution in [-0.4, -0.2) is 24.7 Å². The Morgan fingerprint density at radius 1 is 1.15 bits per heavy atom. The van der Waals surface area contributed by atoms with Crippen molar-refractivity contribution in [2.75, 3.05) is 6.54 Å². The Labute approximate surface area is 162 Å². The summed E-state index contributed by atoms with van der Waals surface area (Å²) in [7, 11) is 0. The highest BCUT2D eigenvalue weighted by Crippen LogP contribution is 2.29. The Balaban J connectivity index is 1.48. The van der Waals surface area contributed by atoms with Crippen molar-refractivity contribution >= 4 is 35.3 Å². The molecule has 1 heterocycles. The van der Waals surface area contributed by atoms with Crippen molar-refractivity contribution in [1.29, 1.82) is 0 Å². The maximum Gasteiger partial charge on any atom is 0.254 e. The molecule has 1 saturated carbocycles. The van der Waals surface area contributed by atoms with E-state index >= 15 is 0 Å². The fourth-order valence-electron chi connectivity index (χ4n) is 2.98. The summed E-state index contributed by atoms with van der Waals surface area (Å²) in [6, 6.07) is 9.31. The van der Waals surface area contributed by atoms with Crippen LogP contribution in [0.25, 0.3) is 11.3 Å². The first-order valence-electron chi connectivity index (χ1n) is 8.72. The summed E-state index contributed by atoms with van der Waals surface area (Å²) in [6.07, 6.45) is 7.51. The largest absolute Gasteiger partial charge is 0.455 e. The maximum absolute atomic E-state index is 11.8. The molecule has 7 heteroatoms. The van der Waals surface area contributed by atoms with Crippen LogP contribution in [0, 0.1) is 0 Å². The summed E-state index contributed by atoms with van der Waals surface area (Å²) in [5, 5.41) is 8.17. The van der Waals surface area contributed by atoms with Gasteiger partial charge < -0.3 is 9.73 Å². The van der Waals surface area contributed by atoms with Crippen LogP contribution in [0.5, 0.6) is 0 Å². The molecule has 3 rings (SSSR count). The van der Waals surface area contributed by atoms with Gasteiger partial charge in [-0.3, -0.25) is 4.79 Å². The number of rotatable bonds is 6. The van der Waals surface area contributed by atoms with Gasteiger partial charge in [-0.1, -0.05) is 42.5 Å². The molecule has 0 atom stereocenters. The monoisotopic (exact) mass is 393 g/mol. The second-order valence-corrected chi connectivity index (χ2v) is 7.15. The second kappa shape index (κ2) is 9.21. The number of carbonyl (C=O) groups excluding carboxylic acids is 1. The van der Waals surface area contributed by atoms with E-state index in [0.29, 0.717) is 27.6 Å². The quantitative estimate of drug-likeness (QED) is 0.555. The summed E-state index contributed by atoms with van der Waals surface area (Å²) in [6.45, 7) is 0.273. The van der Waals surface area contributed by atoms with E-state index < -0.39 is 0 Å². The summed E-state index contributed by atoms with van der Waals surface area (Å²) < 4.78 is 5.68. The van der Waals surface area contributed by atoms with E-state index in [4.69, 9.17) is 27.6 Å². The zero-order valence-electron chi connectivity index (χ0n) is 14.3. The maximum atomic E-state index is 11.8. The first kappa shape index (κ1) is 19.0. The minimum Gasteiger partial charge on any atom is -0.455 e. The molecule has 1 fully saturated rings. The zero-order chi connectivity index (χ0) is 18.4. The fraction of sp³-hybridized carbons (Fsp3) is 0.368. The van der Waals surface area contributed by atoms with Crippen LogP contribution in [0.2, 0.25) is 10.0 Å². The summed E-state index contributed by atoms with van der Waals surface area (Å²) in [5.41, 5.74) is 3.33. The van der Waals surface area contributed by atoms with Crippen LogP contribution in [0.15, 0.2) is 39.9 Å². The van der Waals surface area contributed by atoms with Crippen molar-refractivity contribution < 1.29 is 9.21 Å². The van der Waals surface area contributed by atoms with Gasteiger partial charge in [0.25, 0.3) is 5.91 Å². The van der Waals surface area contributed by atoms with E-state index in [1.54, 1.807) is 18.2 Å². The Kier molecular flexibility index (Phi) is 6.72. The molecule has 2 N–H and O–H groups in total. The third kappa shape index (κ3) is 5.34. The Bertz CT molecular complexity index is 783. The molecule has 0 unspecified atom stereocenters. The third-order valence-corrected chi connectivity index (χ3v) is 5.11. The molecule has 1 aromatic heterocycles. The van der Waals surface area contributed by atoms with Crippen LogP contribution in [0.1, 0.15) is 37.9 Å². The number of halogens is 2. The van der Waals surface area contributed by atoms with Gasteiger partial charge in [-0.2, -0.15) is 5.10 Å². The highest BCUT2D eigenvalue weighted by Gasteiger charge is 2.13. The van der Waals surface area contributed by atoms with Crippen LogP contribution in [-0.2, 0) is 4.79 Å². The van der Waals surface area contributed by atoms with Gasteiger partial charge in [0.15, 0.2) is 0 Å². The number of benzene rings is 1. The van der Waals surface area contributed by atoms with Crippen LogP contribution < -0.4 is 10.7 Å². The molecular weight excluding hydrogens is 373 g/mol. The van der Waals surface area contributed by atoms with Gasteiger partial charge in [0.2, 0.25) is 0 Å². The molecule has 5 nitrogen and oxygen atoms in total. The predicted octanol–water partition coefficient (Wildman–Crippen LogP) is 4.63. The topological polar surface area (TPSA) is 66.6 Å². The molecule has 1 aliphatic rings. The molecule has 0 aliphatic heterocycles. The number of hydrazone groups is 1. The molecule has 2 aromatic rings. The molecule has 0 radical (unpaired) electrons. The van der Waals surface area contributed by atoms with Crippen molar-refractivity contribution in [3.63, 3.8) is 0 Å². The minimum absolute atomic E-state index is 0.164. The number of furan rings is 1. The molecule has 138 valence electrons. The Hall–Kier alpha value is -1.82. The average molecular weight is 394 g/mol. The van der Waals surface area contributed by atoms with Crippen molar-refractivity contribution in [1.82, 2.24) is 10.7 Å². The van der Waals surface area contributed by atoms with Crippen molar-refractivity contribution in [2.24, 2.45) is 5.10 Å². The first-order chi connectivity index (χ1) is 12.6. The number of nitrogens with zero attached hydrogens (tertiary/aromatic N) is 1. The molecule has 0 spiro atoms. The highest BCUT2D eigenvalue weighted by molar-refractivity contribution is 6.42. The Morgan fingerprint density at radius 2 is 1.96 bits per heavy atom. The van der Waals surface area contributed by atoms with Gasteiger partial charge in [-0.25, -0.2) is 5.43 Å². The molecule has 1 amide bonds. The van der Waals surface area contributed by atoms with E-state index in [-0.39, 0.29) is 12.5 Å². The van der Waals surface area contributed by atoms with E-state index in [9.17, 15) is 4.79 Å². The average Bonchev–Trinajstić information content (AvgIpc) is 3.12. The second-order valence-electron chi connectivity index (χ2n) is 6.34. The zero-order valence-corrected chi connectivity index (χ0v) is 15.8. The predicted molar refractivity (Wildman–Crippen MR) is 105 cm³/mol. The van der Waals surface area contributed by atoms with E-state index in [0.717, 1.165) is 18.4 Å². The first-order valence-corrected chi connectivity index (χ1v) is 9.48. The number of carbonyl (C=O) groups is 1. The van der Waals surface area contributed by atoms with Gasteiger partial charge >= 0.3 is 0 Å². The molecular formula is C19H21Cl2N3O2. The number of hydrogen-bond acceptors (Lipinski definition) is 4. The SMILES string of the molecule is O=C(CNC1CCCCC1)N/N=C\c1ccc(-c2ccc(Cl)c(Cl)c2)o1. The van der Waals surface area contributed by atoms with Gasteiger partial charge in [-0.15, -0.1) is 0 Å². The summed E-state index contributed by atoms with van der Waals surface area (Å²) >= 11 is 11.9. The standard InChI is InChI=1S/C19H21Cl2N3O2/c20-16-8-6-13(10-17(16)21)18-9-7-15(26-18)11-23-24-19(25)12-22-14-4-2-1-3-5-14/h6-11,14,22H,1-5,12H2,(H,24,25)/b23-11-. The lowest BCUT2D eigenvalue weighted by atomic mass is 9.95. The molecule has 1 aromatic carbocycles. The van der Waals surface area contributed by atoms with Crippen LogP contribution >= 0.6 is 23.2 Å². The van der Waals surface area contributed by atoms with E-state index in [1.165, 1.54) is 25.5 Å². The molecule has 0 bridgehead atoms. The van der Waals surface area contributed by atoms with Crippen LogP contribution in [0.4, 0.5) is 0 Å².